The van der Waals surface area contributed by atoms with Crippen LogP contribution >= 0.6 is 0 Å². The van der Waals surface area contributed by atoms with E-state index in [0.717, 1.165) is 24.8 Å². The molecule has 0 heterocycles. The molecule has 0 aromatic carbocycles. The molecule has 0 bridgehead atoms. The molecule has 2 N–H and O–H groups in total. The molecule has 4 atom stereocenters. The predicted octanol–water partition coefficient (Wildman–Crippen LogP) is 1.54. The fourth-order valence-electron chi connectivity index (χ4n) is 2.34. The van der Waals surface area contributed by atoms with Crippen LogP contribution in [0.2, 0.25) is 0 Å². The Balaban J connectivity index is 1.67. The van der Waals surface area contributed by atoms with Gasteiger partial charge in [-0.25, -0.2) is 0 Å². The molecule has 2 nitrogen and oxygen atoms in total. The van der Waals surface area contributed by atoms with Gasteiger partial charge in [0.2, 0.25) is 0 Å². The molecule has 2 aliphatic rings. The SMILES string of the molecule is CC1CC1CNC1CCCCC1O. The van der Waals surface area contributed by atoms with Gasteiger partial charge in [0.25, 0.3) is 0 Å². The Hall–Kier alpha value is -0.0800. The van der Waals surface area contributed by atoms with Crippen molar-refractivity contribution in [2.75, 3.05) is 6.54 Å². The van der Waals surface area contributed by atoms with Crippen LogP contribution in [0.25, 0.3) is 0 Å². The van der Waals surface area contributed by atoms with Gasteiger partial charge in [0, 0.05) is 6.04 Å². The molecule has 0 saturated heterocycles. The molecule has 0 aromatic heterocycles. The lowest BCUT2D eigenvalue weighted by atomic mass is 9.92. The van der Waals surface area contributed by atoms with Crippen LogP contribution in [0.5, 0.6) is 0 Å². The number of hydrogen-bond donors (Lipinski definition) is 2. The van der Waals surface area contributed by atoms with Crippen molar-refractivity contribution >= 4 is 0 Å². The summed E-state index contributed by atoms with van der Waals surface area (Å²) in [7, 11) is 0. The number of aliphatic hydroxyl groups is 1. The fourth-order valence-corrected chi connectivity index (χ4v) is 2.34. The van der Waals surface area contributed by atoms with E-state index >= 15 is 0 Å². The standard InChI is InChI=1S/C11H21NO/c1-8-6-9(8)7-12-10-4-2-3-5-11(10)13/h8-13H,2-7H2,1H3. The minimum atomic E-state index is -0.0807. The molecule has 2 heteroatoms. The van der Waals surface area contributed by atoms with Crippen molar-refractivity contribution in [1.82, 2.24) is 5.32 Å². The van der Waals surface area contributed by atoms with Crippen molar-refractivity contribution < 1.29 is 5.11 Å². The van der Waals surface area contributed by atoms with Gasteiger partial charge in [-0.15, -0.1) is 0 Å². The van der Waals surface area contributed by atoms with Gasteiger partial charge >= 0.3 is 0 Å². The molecule has 0 aromatic rings. The summed E-state index contributed by atoms with van der Waals surface area (Å²) in [5.41, 5.74) is 0. The first-order valence-corrected chi connectivity index (χ1v) is 5.69. The predicted molar refractivity (Wildman–Crippen MR) is 53.5 cm³/mol. The van der Waals surface area contributed by atoms with E-state index in [4.69, 9.17) is 0 Å². The van der Waals surface area contributed by atoms with Crippen molar-refractivity contribution in [2.24, 2.45) is 11.8 Å². The van der Waals surface area contributed by atoms with E-state index in [1.165, 1.54) is 25.7 Å². The summed E-state index contributed by atoms with van der Waals surface area (Å²) in [6.07, 6.45) is 5.96. The zero-order valence-corrected chi connectivity index (χ0v) is 8.50. The third kappa shape index (κ3) is 2.44. The van der Waals surface area contributed by atoms with Crippen LogP contribution in [0.4, 0.5) is 0 Å². The highest BCUT2D eigenvalue weighted by molar-refractivity contribution is 4.87. The van der Waals surface area contributed by atoms with Gasteiger partial charge in [0.15, 0.2) is 0 Å². The molecule has 4 unspecified atom stereocenters. The van der Waals surface area contributed by atoms with Gasteiger partial charge in [-0.1, -0.05) is 19.8 Å². The highest BCUT2D eigenvalue weighted by atomic mass is 16.3. The minimum absolute atomic E-state index is 0.0807. The molecule has 2 fully saturated rings. The molecule has 0 aliphatic heterocycles. The molecule has 2 aliphatic carbocycles. The van der Waals surface area contributed by atoms with Gasteiger partial charge in [-0.2, -0.15) is 0 Å². The molecular formula is C11H21NO. The van der Waals surface area contributed by atoms with Gasteiger partial charge < -0.3 is 10.4 Å². The number of aliphatic hydroxyl groups excluding tert-OH is 1. The largest absolute Gasteiger partial charge is 0.392 e. The summed E-state index contributed by atoms with van der Waals surface area (Å²) in [5.74, 6) is 1.82. The zero-order valence-electron chi connectivity index (χ0n) is 8.50. The minimum Gasteiger partial charge on any atom is -0.392 e. The van der Waals surface area contributed by atoms with Crippen LogP contribution < -0.4 is 5.32 Å². The molecule has 2 rings (SSSR count). The van der Waals surface area contributed by atoms with E-state index in [2.05, 4.69) is 12.2 Å². The number of nitrogens with one attached hydrogen (secondary N) is 1. The third-order valence-corrected chi connectivity index (χ3v) is 3.65. The normalized spacial score (nSPS) is 44.8. The number of rotatable bonds is 3. The maximum Gasteiger partial charge on any atom is 0.0693 e. The lowest BCUT2D eigenvalue weighted by Crippen LogP contribution is -2.42. The lowest BCUT2D eigenvalue weighted by Gasteiger charge is -2.28. The summed E-state index contributed by atoms with van der Waals surface area (Å²) < 4.78 is 0. The van der Waals surface area contributed by atoms with Gasteiger partial charge in [-0.05, 0) is 37.6 Å². The Labute approximate surface area is 80.7 Å². The monoisotopic (exact) mass is 183 g/mol. The van der Waals surface area contributed by atoms with Crippen molar-refractivity contribution in [3.8, 4) is 0 Å². The maximum atomic E-state index is 9.71. The van der Waals surface area contributed by atoms with Crippen LogP contribution in [0.3, 0.4) is 0 Å². The van der Waals surface area contributed by atoms with Crippen LogP contribution in [-0.2, 0) is 0 Å². The van der Waals surface area contributed by atoms with E-state index in [0.29, 0.717) is 6.04 Å². The van der Waals surface area contributed by atoms with Crippen LogP contribution in [0.1, 0.15) is 39.0 Å². The highest BCUT2D eigenvalue weighted by Crippen LogP contribution is 2.37. The summed E-state index contributed by atoms with van der Waals surface area (Å²) in [5, 5.41) is 13.2. The first-order valence-electron chi connectivity index (χ1n) is 5.69. The second-order valence-corrected chi connectivity index (χ2v) is 4.84. The average molecular weight is 183 g/mol. The summed E-state index contributed by atoms with van der Waals surface area (Å²) >= 11 is 0. The van der Waals surface area contributed by atoms with E-state index < -0.39 is 0 Å². The van der Waals surface area contributed by atoms with E-state index in [1.54, 1.807) is 0 Å². The second kappa shape index (κ2) is 3.97. The topological polar surface area (TPSA) is 32.3 Å². The van der Waals surface area contributed by atoms with Gasteiger partial charge in [-0.3, -0.25) is 0 Å². The number of hydrogen-bond acceptors (Lipinski definition) is 2. The van der Waals surface area contributed by atoms with Crippen LogP contribution in [-0.4, -0.2) is 23.8 Å². The summed E-state index contributed by atoms with van der Waals surface area (Å²) in [6, 6.07) is 0.390. The molecule has 0 radical (unpaired) electrons. The second-order valence-electron chi connectivity index (χ2n) is 4.84. The maximum absolute atomic E-state index is 9.71. The van der Waals surface area contributed by atoms with E-state index in [1.807, 2.05) is 0 Å². The Kier molecular flexibility index (Phi) is 2.89. The Bertz CT molecular complexity index is 171. The van der Waals surface area contributed by atoms with Crippen LogP contribution in [0.15, 0.2) is 0 Å². The average Bonchev–Trinajstić information content (AvgIpc) is 2.81. The zero-order chi connectivity index (χ0) is 9.26. The van der Waals surface area contributed by atoms with Crippen LogP contribution in [0, 0.1) is 11.8 Å². The van der Waals surface area contributed by atoms with Crippen molar-refractivity contribution in [3.05, 3.63) is 0 Å². The molecule has 0 spiro atoms. The summed E-state index contributed by atoms with van der Waals surface area (Å²) in [6.45, 7) is 3.44. The van der Waals surface area contributed by atoms with Gasteiger partial charge in [0.1, 0.15) is 0 Å². The smallest absolute Gasteiger partial charge is 0.0693 e. The van der Waals surface area contributed by atoms with Crippen molar-refractivity contribution in [1.29, 1.82) is 0 Å². The Morgan fingerprint density at radius 1 is 1.31 bits per heavy atom. The summed E-state index contributed by atoms with van der Waals surface area (Å²) in [4.78, 5) is 0. The van der Waals surface area contributed by atoms with Gasteiger partial charge in [0.05, 0.1) is 6.10 Å². The quantitative estimate of drug-likeness (QED) is 0.695. The van der Waals surface area contributed by atoms with Crippen molar-refractivity contribution in [3.63, 3.8) is 0 Å². The van der Waals surface area contributed by atoms with Crippen molar-refractivity contribution in [2.45, 2.75) is 51.2 Å². The fraction of sp³-hybridized carbons (Fsp3) is 1.00. The molecular weight excluding hydrogens is 162 g/mol. The van der Waals surface area contributed by atoms with E-state index in [-0.39, 0.29) is 6.10 Å². The Morgan fingerprint density at radius 2 is 2.00 bits per heavy atom. The third-order valence-electron chi connectivity index (χ3n) is 3.65. The Morgan fingerprint density at radius 3 is 2.62 bits per heavy atom. The first kappa shape index (κ1) is 9.47. The first-order chi connectivity index (χ1) is 6.27. The molecule has 0 amide bonds. The highest BCUT2D eigenvalue weighted by Gasteiger charge is 2.33. The van der Waals surface area contributed by atoms with E-state index in [9.17, 15) is 5.11 Å². The molecule has 2 saturated carbocycles. The molecule has 13 heavy (non-hydrogen) atoms. The molecule has 76 valence electrons. The lowest BCUT2D eigenvalue weighted by molar-refractivity contribution is 0.0904.